The molecule has 4 nitrogen and oxygen atoms in total. The van der Waals surface area contributed by atoms with E-state index in [9.17, 15) is 9.59 Å². The number of carbonyl (C=O) groups excluding carboxylic acids is 2. The van der Waals surface area contributed by atoms with Crippen LogP contribution in [0.1, 0.15) is 51.7 Å². The second kappa shape index (κ2) is 11.2. The van der Waals surface area contributed by atoms with E-state index in [0.717, 1.165) is 18.4 Å². The van der Waals surface area contributed by atoms with E-state index < -0.39 is 0 Å². The predicted octanol–water partition coefficient (Wildman–Crippen LogP) is 4.53. The molecule has 130 valence electrons. The first-order valence-electron chi connectivity index (χ1n) is 8.20. The van der Waals surface area contributed by atoms with E-state index in [-0.39, 0.29) is 24.1 Å². The lowest BCUT2D eigenvalue weighted by Gasteiger charge is -2.15. The zero-order valence-corrected chi connectivity index (χ0v) is 14.6. The minimum absolute atomic E-state index is 0.199. The number of ether oxygens (including phenoxy) is 2. The summed E-state index contributed by atoms with van der Waals surface area (Å²) in [6.45, 7) is 4.73. The van der Waals surface area contributed by atoms with Crippen molar-refractivity contribution in [1.29, 1.82) is 0 Å². The molecule has 0 fully saturated rings. The van der Waals surface area contributed by atoms with Gasteiger partial charge in [-0.15, -0.1) is 0 Å². The van der Waals surface area contributed by atoms with Crippen molar-refractivity contribution in [2.45, 2.75) is 52.2 Å². The quantitative estimate of drug-likeness (QED) is 0.493. The van der Waals surface area contributed by atoms with Crippen molar-refractivity contribution in [3.8, 4) is 0 Å². The largest absolute Gasteiger partial charge is 0.458 e. The van der Waals surface area contributed by atoms with Crippen molar-refractivity contribution in [2.75, 3.05) is 0 Å². The van der Waals surface area contributed by atoms with Gasteiger partial charge in [-0.25, -0.2) is 0 Å². The van der Waals surface area contributed by atoms with E-state index in [1.165, 1.54) is 13.8 Å². The summed E-state index contributed by atoms with van der Waals surface area (Å²) in [4.78, 5) is 22.3. The van der Waals surface area contributed by atoms with Crippen molar-refractivity contribution < 1.29 is 19.1 Å². The van der Waals surface area contributed by atoms with Gasteiger partial charge in [-0.1, -0.05) is 48.6 Å². The van der Waals surface area contributed by atoms with E-state index in [1.807, 2.05) is 61.6 Å². The van der Waals surface area contributed by atoms with E-state index in [0.29, 0.717) is 6.42 Å². The average Bonchev–Trinajstić information content (AvgIpc) is 2.53. The molecule has 0 aliphatic carbocycles. The molecule has 4 heteroatoms. The SMILES string of the molecule is C/C=C/[C@@H](CC/C=C\C[C@@H](OC(C)=O)c1ccccc1)OC(C)=O. The Labute approximate surface area is 144 Å². The van der Waals surface area contributed by atoms with Gasteiger partial charge in [0.05, 0.1) is 0 Å². The topological polar surface area (TPSA) is 52.6 Å². The molecule has 24 heavy (non-hydrogen) atoms. The highest BCUT2D eigenvalue weighted by Gasteiger charge is 2.12. The number of hydrogen-bond donors (Lipinski definition) is 0. The molecule has 0 aliphatic heterocycles. The van der Waals surface area contributed by atoms with Crippen LogP contribution in [0.5, 0.6) is 0 Å². The van der Waals surface area contributed by atoms with Crippen LogP contribution in [0.3, 0.4) is 0 Å². The fourth-order valence-electron chi connectivity index (χ4n) is 2.34. The molecule has 0 bridgehead atoms. The Morgan fingerprint density at radius 2 is 1.71 bits per heavy atom. The Morgan fingerprint density at radius 1 is 1.04 bits per heavy atom. The molecule has 1 aromatic carbocycles. The molecule has 0 saturated carbocycles. The van der Waals surface area contributed by atoms with Crippen molar-refractivity contribution in [2.24, 2.45) is 0 Å². The first-order valence-corrected chi connectivity index (χ1v) is 8.20. The van der Waals surface area contributed by atoms with E-state index in [1.54, 1.807) is 0 Å². The van der Waals surface area contributed by atoms with E-state index in [4.69, 9.17) is 9.47 Å². The van der Waals surface area contributed by atoms with Crippen LogP contribution >= 0.6 is 0 Å². The van der Waals surface area contributed by atoms with Crippen LogP contribution in [0, 0.1) is 0 Å². The molecule has 1 rings (SSSR count). The third kappa shape index (κ3) is 8.32. The highest BCUT2D eigenvalue weighted by atomic mass is 16.5. The third-order valence-corrected chi connectivity index (χ3v) is 3.34. The average molecular weight is 330 g/mol. The molecular weight excluding hydrogens is 304 g/mol. The number of hydrogen-bond acceptors (Lipinski definition) is 4. The molecule has 0 aliphatic rings. The maximum absolute atomic E-state index is 11.3. The summed E-state index contributed by atoms with van der Waals surface area (Å²) in [5, 5.41) is 0. The number of benzene rings is 1. The lowest BCUT2D eigenvalue weighted by Crippen LogP contribution is -2.13. The van der Waals surface area contributed by atoms with Crippen molar-refractivity contribution in [1.82, 2.24) is 0 Å². The Balaban J connectivity index is 2.52. The minimum Gasteiger partial charge on any atom is -0.458 e. The Kier molecular flexibility index (Phi) is 9.20. The summed E-state index contributed by atoms with van der Waals surface area (Å²) in [6.07, 6.45) is 9.43. The number of carbonyl (C=O) groups is 2. The highest BCUT2D eigenvalue weighted by molar-refractivity contribution is 5.66. The van der Waals surface area contributed by atoms with Gasteiger partial charge in [0.1, 0.15) is 12.2 Å². The lowest BCUT2D eigenvalue weighted by atomic mass is 10.1. The van der Waals surface area contributed by atoms with E-state index >= 15 is 0 Å². The zero-order chi connectivity index (χ0) is 17.8. The van der Waals surface area contributed by atoms with Crippen LogP contribution in [0.2, 0.25) is 0 Å². The molecule has 0 unspecified atom stereocenters. The molecule has 0 heterocycles. The highest BCUT2D eigenvalue weighted by Crippen LogP contribution is 2.22. The fraction of sp³-hybridized carbons (Fsp3) is 0.400. The Hall–Kier alpha value is -2.36. The van der Waals surface area contributed by atoms with Gasteiger partial charge in [-0.05, 0) is 31.4 Å². The van der Waals surface area contributed by atoms with Gasteiger partial charge in [-0.2, -0.15) is 0 Å². The van der Waals surface area contributed by atoms with Gasteiger partial charge < -0.3 is 9.47 Å². The van der Waals surface area contributed by atoms with Crippen LogP contribution in [-0.4, -0.2) is 18.0 Å². The molecule has 2 atom stereocenters. The molecule has 0 N–H and O–H groups in total. The van der Waals surface area contributed by atoms with Crippen molar-refractivity contribution in [3.63, 3.8) is 0 Å². The maximum atomic E-state index is 11.3. The van der Waals surface area contributed by atoms with Crippen LogP contribution in [-0.2, 0) is 19.1 Å². The number of allylic oxidation sites excluding steroid dienone is 2. The summed E-state index contributed by atoms with van der Waals surface area (Å²) < 4.78 is 10.6. The third-order valence-electron chi connectivity index (χ3n) is 3.34. The maximum Gasteiger partial charge on any atom is 0.303 e. The molecule has 0 amide bonds. The van der Waals surface area contributed by atoms with E-state index in [2.05, 4.69) is 0 Å². The van der Waals surface area contributed by atoms with Crippen LogP contribution in [0.4, 0.5) is 0 Å². The van der Waals surface area contributed by atoms with Gasteiger partial charge in [-0.3, -0.25) is 9.59 Å². The van der Waals surface area contributed by atoms with Gasteiger partial charge >= 0.3 is 11.9 Å². The second-order valence-corrected chi connectivity index (χ2v) is 5.47. The fourth-order valence-corrected chi connectivity index (χ4v) is 2.34. The first-order chi connectivity index (χ1) is 11.5. The van der Waals surface area contributed by atoms with Gasteiger partial charge in [0, 0.05) is 20.3 Å². The minimum atomic E-state index is -0.291. The number of rotatable bonds is 9. The van der Waals surface area contributed by atoms with Gasteiger partial charge in [0.25, 0.3) is 0 Å². The Morgan fingerprint density at radius 3 is 2.29 bits per heavy atom. The zero-order valence-electron chi connectivity index (χ0n) is 14.6. The van der Waals surface area contributed by atoms with Crippen LogP contribution in [0.15, 0.2) is 54.6 Å². The summed E-state index contributed by atoms with van der Waals surface area (Å²) in [6, 6.07) is 9.68. The van der Waals surface area contributed by atoms with Crippen molar-refractivity contribution >= 4 is 11.9 Å². The normalized spacial score (nSPS) is 13.8. The number of esters is 2. The molecule has 0 aromatic heterocycles. The predicted molar refractivity (Wildman–Crippen MR) is 94.3 cm³/mol. The van der Waals surface area contributed by atoms with Crippen LogP contribution in [0.25, 0.3) is 0 Å². The first kappa shape index (κ1) is 19.7. The molecular formula is C20H26O4. The standard InChI is InChI=1S/C20H26O4/c1-4-11-19(23-16(2)21)14-9-6-10-15-20(24-17(3)22)18-12-7-5-8-13-18/h4-8,10-13,19-20H,9,14-15H2,1-3H3/b10-6-,11-4+/t19-,20+/m0/s1. The molecule has 0 spiro atoms. The lowest BCUT2D eigenvalue weighted by molar-refractivity contribution is -0.146. The molecule has 0 saturated heterocycles. The second-order valence-electron chi connectivity index (χ2n) is 5.47. The smallest absolute Gasteiger partial charge is 0.303 e. The summed E-state index contributed by atoms with van der Waals surface area (Å²) >= 11 is 0. The van der Waals surface area contributed by atoms with Crippen LogP contribution < -0.4 is 0 Å². The monoisotopic (exact) mass is 330 g/mol. The van der Waals surface area contributed by atoms with Crippen molar-refractivity contribution in [3.05, 3.63) is 60.2 Å². The molecule has 1 aromatic rings. The summed E-state index contributed by atoms with van der Waals surface area (Å²) in [7, 11) is 0. The summed E-state index contributed by atoms with van der Waals surface area (Å²) in [5.41, 5.74) is 0.976. The summed E-state index contributed by atoms with van der Waals surface area (Å²) in [5.74, 6) is -0.568. The molecule has 0 radical (unpaired) electrons. The Bertz CT molecular complexity index is 560. The van der Waals surface area contributed by atoms with Gasteiger partial charge in [0.2, 0.25) is 0 Å². The van der Waals surface area contributed by atoms with Gasteiger partial charge in [0.15, 0.2) is 0 Å².